The molecule has 0 radical (unpaired) electrons. The number of ether oxygens (including phenoxy) is 1. The van der Waals surface area contributed by atoms with Crippen molar-refractivity contribution in [2.24, 2.45) is 5.73 Å². The Morgan fingerprint density at radius 3 is 2.64 bits per heavy atom. The van der Waals surface area contributed by atoms with Gasteiger partial charge in [-0.15, -0.1) is 12.4 Å². The molecule has 0 unspecified atom stereocenters. The van der Waals surface area contributed by atoms with E-state index in [1.165, 1.54) is 6.42 Å². The molecule has 1 aromatic rings. The van der Waals surface area contributed by atoms with Crippen LogP contribution in [0.3, 0.4) is 0 Å². The van der Waals surface area contributed by atoms with Crippen LogP contribution in [0.1, 0.15) is 43.2 Å². The molecule has 1 fully saturated rings. The monoisotopic (exact) mass is 326 g/mol. The molecule has 2 rings (SSSR count). The first-order valence-corrected chi connectivity index (χ1v) is 7.76. The number of nitrogens with one attached hydrogen (secondary N) is 1. The van der Waals surface area contributed by atoms with Crippen LogP contribution in [0.2, 0.25) is 0 Å². The molecule has 1 aromatic carbocycles. The molecule has 22 heavy (non-hydrogen) atoms. The van der Waals surface area contributed by atoms with E-state index < -0.39 is 5.54 Å². The lowest BCUT2D eigenvalue weighted by Crippen LogP contribution is -2.55. The Morgan fingerprint density at radius 2 is 2.00 bits per heavy atom. The second kappa shape index (κ2) is 8.39. The van der Waals surface area contributed by atoms with Crippen LogP contribution in [0.15, 0.2) is 18.2 Å². The fourth-order valence-corrected chi connectivity index (χ4v) is 2.93. The number of methoxy groups -OCH3 is 1. The summed E-state index contributed by atoms with van der Waals surface area (Å²) >= 11 is 0. The normalized spacial score (nSPS) is 16.5. The molecule has 0 aliphatic heterocycles. The molecule has 0 aromatic heterocycles. The number of carbonyl (C=O) groups is 1. The minimum atomic E-state index is -0.650. The summed E-state index contributed by atoms with van der Waals surface area (Å²) in [6.07, 6.45) is 5.69. The van der Waals surface area contributed by atoms with Crippen LogP contribution in [-0.4, -0.2) is 25.1 Å². The Morgan fingerprint density at radius 1 is 1.32 bits per heavy atom. The lowest BCUT2D eigenvalue weighted by atomic mass is 9.82. The van der Waals surface area contributed by atoms with E-state index in [0.717, 1.165) is 49.0 Å². The van der Waals surface area contributed by atoms with E-state index in [9.17, 15) is 4.79 Å². The van der Waals surface area contributed by atoms with Crippen molar-refractivity contribution in [3.8, 4) is 5.75 Å². The van der Waals surface area contributed by atoms with Gasteiger partial charge in [0, 0.05) is 6.54 Å². The van der Waals surface area contributed by atoms with Crippen LogP contribution in [0.5, 0.6) is 5.75 Å². The maximum Gasteiger partial charge on any atom is 0.240 e. The molecule has 5 heteroatoms. The van der Waals surface area contributed by atoms with Crippen LogP contribution in [0, 0.1) is 6.92 Å². The second-order valence-electron chi connectivity index (χ2n) is 6.03. The summed E-state index contributed by atoms with van der Waals surface area (Å²) in [6, 6.07) is 6.14. The summed E-state index contributed by atoms with van der Waals surface area (Å²) in [6.45, 7) is 2.63. The summed E-state index contributed by atoms with van der Waals surface area (Å²) in [5.74, 6) is 0.891. The van der Waals surface area contributed by atoms with Gasteiger partial charge in [-0.25, -0.2) is 0 Å². The second-order valence-corrected chi connectivity index (χ2v) is 6.03. The molecule has 1 aliphatic carbocycles. The lowest BCUT2D eigenvalue weighted by molar-refractivity contribution is -0.127. The van der Waals surface area contributed by atoms with Gasteiger partial charge >= 0.3 is 0 Å². The smallest absolute Gasteiger partial charge is 0.240 e. The van der Waals surface area contributed by atoms with E-state index in [-0.39, 0.29) is 18.3 Å². The molecule has 3 N–H and O–H groups in total. The maximum atomic E-state index is 12.2. The molecule has 0 saturated heterocycles. The number of halogens is 1. The van der Waals surface area contributed by atoms with Crippen molar-refractivity contribution in [1.82, 2.24) is 5.32 Å². The van der Waals surface area contributed by atoms with Crippen LogP contribution < -0.4 is 15.8 Å². The van der Waals surface area contributed by atoms with Gasteiger partial charge < -0.3 is 15.8 Å². The average Bonchev–Trinajstić information content (AvgIpc) is 2.49. The molecular formula is C17H27ClN2O2. The Hall–Kier alpha value is -1.26. The van der Waals surface area contributed by atoms with Crippen molar-refractivity contribution in [2.75, 3.05) is 13.7 Å². The van der Waals surface area contributed by atoms with E-state index in [4.69, 9.17) is 10.5 Å². The molecular weight excluding hydrogens is 300 g/mol. The summed E-state index contributed by atoms with van der Waals surface area (Å²) in [4.78, 5) is 12.2. The lowest BCUT2D eigenvalue weighted by Gasteiger charge is -2.31. The Labute approximate surface area is 139 Å². The Balaban J connectivity index is 0.00000242. The van der Waals surface area contributed by atoms with Gasteiger partial charge in [0.1, 0.15) is 5.75 Å². The third-order valence-corrected chi connectivity index (χ3v) is 4.37. The topological polar surface area (TPSA) is 64.3 Å². The Kier molecular flexibility index (Phi) is 7.17. The number of hydrogen-bond donors (Lipinski definition) is 2. The van der Waals surface area contributed by atoms with Gasteiger partial charge in [-0.2, -0.15) is 0 Å². The summed E-state index contributed by atoms with van der Waals surface area (Å²) < 4.78 is 5.32. The zero-order chi connectivity index (χ0) is 15.3. The number of carbonyl (C=O) groups excluding carboxylic acids is 1. The van der Waals surface area contributed by atoms with E-state index in [0.29, 0.717) is 6.54 Å². The maximum absolute atomic E-state index is 12.2. The third kappa shape index (κ3) is 4.62. The number of nitrogens with two attached hydrogens (primary N) is 1. The summed E-state index contributed by atoms with van der Waals surface area (Å²) in [7, 11) is 1.68. The van der Waals surface area contributed by atoms with Crippen molar-refractivity contribution in [3.05, 3.63) is 29.3 Å². The first-order chi connectivity index (χ1) is 10.0. The van der Waals surface area contributed by atoms with Crippen molar-refractivity contribution in [3.63, 3.8) is 0 Å². The zero-order valence-electron chi connectivity index (χ0n) is 13.5. The van der Waals surface area contributed by atoms with E-state index in [1.54, 1.807) is 7.11 Å². The molecule has 0 bridgehead atoms. The number of benzene rings is 1. The number of aryl methyl sites for hydroxylation is 1. The van der Waals surface area contributed by atoms with Crippen molar-refractivity contribution in [2.45, 2.75) is 51.0 Å². The van der Waals surface area contributed by atoms with Crippen molar-refractivity contribution in [1.29, 1.82) is 0 Å². The van der Waals surface area contributed by atoms with Crippen molar-refractivity contribution < 1.29 is 9.53 Å². The highest BCUT2D eigenvalue weighted by atomic mass is 35.5. The highest BCUT2D eigenvalue weighted by Crippen LogP contribution is 2.26. The molecule has 4 nitrogen and oxygen atoms in total. The highest BCUT2D eigenvalue weighted by molar-refractivity contribution is 5.86. The minimum absolute atomic E-state index is 0. The Bertz CT molecular complexity index is 499. The van der Waals surface area contributed by atoms with Gasteiger partial charge in [0.2, 0.25) is 5.91 Å². The predicted octanol–water partition coefficient (Wildman–Crippen LogP) is 2.75. The molecule has 0 spiro atoms. The van der Waals surface area contributed by atoms with Gasteiger partial charge in [-0.05, 0) is 43.4 Å². The van der Waals surface area contributed by atoms with Crippen LogP contribution in [-0.2, 0) is 11.2 Å². The van der Waals surface area contributed by atoms with E-state index in [2.05, 4.69) is 11.4 Å². The molecule has 1 amide bonds. The minimum Gasteiger partial charge on any atom is -0.496 e. The van der Waals surface area contributed by atoms with Gasteiger partial charge in [-0.3, -0.25) is 4.79 Å². The number of amides is 1. The summed E-state index contributed by atoms with van der Waals surface area (Å²) in [5, 5.41) is 2.99. The van der Waals surface area contributed by atoms with Gasteiger partial charge in [0.25, 0.3) is 0 Å². The summed E-state index contributed by atoms with van der Waals surface area (Å²) in [5.41, 5.74) is 7.84. The molecule has 124 valence electrons. The standard InChI is InChI=1S/C17H26N2O2.ClH/c1-13-6-7-14(12-15(13)21-2)8-11-19-16(20)17(18)9-4-3-5-10-17;/h6-7,12H,3-5,8-11,18H2,1-2H3,(H,19,20);1H. The van der Waals surface area contributed by atoms with Crippen LogP contribution in [0.4, 0.5) is 0 Å². The van der Waals surface area contributed by atoms with Gasteiger partial charge in [0.05, 0.1) is 12.6 Å². The molecule has 0 atom stereocenters. The molecule has 0 heterocycles. The van der Waals surface area contributed by atoms with E-state index >= 15 is 0 Å². The molecule has 1 aliphatic rings. The SMILES string of the molecule is COc1cc(CCNC(=O)C2(N)CCCCC2)ccc1C.Cl. The average molecular weight is 327 g/mol. The highest BCUT2D eigenvalue weighted by Gasteiger charge is 2.34. The fourth-order valence-electron chi connectivity index (χ4n) is 2.93. The quantitative estimate of drug-likeness (QED) is 0.874. The van der Waals surface area contributed by atoms with Gasteiger partial charge in [-0.1, -0.05) is 31.4 Å². The van der Waals surface area contributed by atoms with Crippen LogP contribution >= 0.6 is 12.4 Å². The van der Waals surface area contributed by atoms with E-state index in [1.807, 2.05) is 19.1 Å². The first kappa shape index (κ1) is 18.8. The van der Waals surface area contributed by atoms with Crippen LogP contribution in [0.25, 0.3) is 0 Å². The predicted molar refractivity (Wildman–Crippen MR) is 91.7 cm³/mol. The first-order valence-electron chi connectivity index (χ1n) is 7.76. The largest absolute Gasteiger partial charge is 0.496 e. The zero-order valence-corrected chi connectivity index (χ0v) is 14.3. The van der Waals surface area contributed by atoms with Gasteiger partial charge in [0.15, 0.2) is 0 Å². The number of rotatable bonds is 5. The number of hydrogen-bond acceptors (Lipinski definition) is 3. The fraction of sp³-hybridized carbons (Fsp3) is 0.588. The third-order valence-electron chi connectivity index (χ3n) is 4.37. The van der Waals surface area contributed by atoms with Crippen molar-refractivity contribution >= 4 is 18.3 Å². The molecule has 1 saturated carbocycles.